The van der Waals surface area contributed by atoms with E-state index in [0.717, 1.165) is 10.5 Å². The van der Waals surface area contributed by atoms with Crippen LogP contribution in [0.4, 0.5) is 10.5 Å². The number of anilines is 1. The Labute approximate surface area is 128 Å². The van der Waals surface area contributed by atoms with Gasteiger partial charge < -0.3 is 9.84 Å². The minimum absolute atomic E-state index is 0.0722. The summed E-state index contributed by atoms with van der Waals surface area (Å²) in [6.45, 7) is 1.49. The molecule has 0 unspecified atom stereocenters. The van der Waals surface area contributed by atoms with E-state index in [-0.39, 0.29) is 6.61 Å². The number of pyridine rings is 1. The lowest BCUT2D eigenvalue weighted by atomic mass is 10.2. The van der Waals surface area contributed by atoms with Gasteiger partial charge in [-0.1, -0.05) is 30.3 Å². The quantitative estimate of drug-likeness (QED) is 0.918. The van der Waals surface area contributed by atoms with E-state index in [9.17, 15) is 14.7 Å². The van der Waals surface area contributed by atoms with Crippen molar-refractivity contribution < 1.29 is 19.4 Å². The number of hydrogen-bond acceptors (Lipinski definition) is 4. The summed E-state index contributed by atoms with van der Waals surface area (Å²) in [7, 11) is 0. The Morgan fingerprint density at radius 2 is 1.95 bits per heavy atom. The Bertz CT molecular complexity index is 631. The van der Waals surface area contributed by atoms with Crippen LogP contribution in [0.1, 0.15) is 12.5 Å². The number of benzene rings is 1. The Balaban J connectivity index is 2.14. The largest absolute Gasteiger partial charge is 0.480 e. The summed E-state index contributed by atoms with van der Waals surface area (Å²) in [6, 6.07) is 11.3. The number of carbonyl (C=O) groups excluding carboxylic acids is 1. The number of aromatic nitrogens is 1. The molecule has 6 nitrogen and oxygen atoms in total. The number of ether oxygens (including phenoxy) is 1. The molecule has 114 valence electrons. The first-order valence-corrected chi connectivity index (χ1v) is 6.72. The highest BCUT2D eigenvalue weighted by Gasteiger charge is 2.28. The Morgan fingerprint density at radius 3 is 2.55 bits per heavy atom. The maximum atomic E-state index is 12.3. The van der Waals surface area contributed by atoms with E-state index in [0.29, 0.717) is 5.69 Å². The van der Waals surface area contributed by atoms with Crippen molar-refractivity contribution in [2.24, 2.45) is 0 Å². The van der Waals surface area contributed by atoms with Gasteiger partial charge in [0.25, 0.3) is 0 Å². The number of nitrogens with zero attached hydrogens (tertiary/aromatic N) is 2. The summed E-state index contributed by atoms with van der Waals surface area (Å²) in [4.78, 5) is 28.5. The van der Waals surface area contributed by atoms with E-state index < -0.39 is 18.1 Å². The molecule has 0 saturated heterocycles. The Hall–Kier alpha value is -2.89. The van der Waals surface area contributed by atoms with Crippen molar-refractivity contribution in [2.45, 2.75) is 19.6 Å². The molecule has 1 amide bonds. The lowest BCUT2D eigenvalue weighted by Gasteiger charge is -2.25. The van der Waals surface area contributed by atoms with Gasteiger partial charge in [0.2, 0.25) is 0 Å². The number of amides is 1. The highest BCUT2D eigenvalue weighted by atomic mass is 16.6. The second kappa shape index (κ2) is 7.21. The fraction of sp³-hybridized carbons (Fsp3) is 0.188. The molecule has 2 rings (SSSR count). The van der Waals surface area contributed by atoms with Crippen LogP contribution in [0.2, 0.25) is 0 Å². The van der Waals surface area contributed by atoms with Crippen LogP contribution in [0.25, 0.3) is 0 Å². The van der Waals surface area contributed by atoms with E-state index in [1.165, 1.54) is 13.1 Å². The molecule has 0 fully saturated rings. The molecule has 6 heteroatoms. The minimum atomic E-state index is -1.12. The smallest absolute Gasteiger partial charge is 0.415 e. The van der Waals surface area contributed by atoms with Crippen molar-refractivity contribution in [3.8, 4) is 0 Å². The molecule has 0 saturated carbocycles. The number of rotatable bonds is 5. The zero-order valence-corrected chi connectivity index (χ0v) is 12.0. The Kier molecular flexibility index (Phi) is 5.08. The number of carboxylic acid groups (broad SMARTS) is 1. The van der Waals surface area contributed by atoms with Gasteiger partial charge in [-0.15, -0.1) is 0 Å². The summed E-state index contributed by atoms with van der Waals surface area (Å²) in [5, 5.41) is 9.18. The number of hydrogen-bond donors (Lipinski definition) is 1. The van der Waals surface area contributed by atoms with Gasteiger partial charge in [-0.3, -0.25) is 9.88 Å². The molecule has 0 spiro atoms. The third kappa shape index (κ3) is 3.82. The first-order valence-electron chi connectivity index (χ1n) is 6.72. The topological polar surface area (TPSA) is 79.7 Å². The molecule has 0 bridgehead atoms. The highest BCUT2D eigenvalue weighted by molar-refractivity contribution is 5.94. The highest BCUT2D eigenvalue weighted by Crippen LogP contribution is 2.17. The average Bonchev–Trinajstić information content (AvgIpc) is 2.55. The lowest BCUT2D eigenvalue weighted by Crippen LogP contribution is -2.43. The summed E-state index contributed by atoms with van der Waals surface area (Å²) in [5.74, 6) is -1.12. The van der Waals surface area contributed by atoms with Crippen LogP contribution >= 0.6 is 0 Å². The van der Waals surface area contributed by atoms with Crippen molar-refractivity contribution in [1.29, 1.82) is 0 Å². The van der Waals surface area contributed by atoms with Crippen LogP contribution in [0, 0.1) is 0 Å². The number of aliphatic carboxylic acids is 1. The predicted molar refractivity (Wildman–Crippen MR) is 80.4 cm³/mol. The molecule has 2 aromatic rings. The van der Waals surface area contributed by atoms with Gasteiger partial charge in [0.1, 0.15) is 12.6 Å². The normalized spacial score (nSPS) is 11.5. The van der Waals surface area contributed by atoms with Crippen molar-refractivity contribution in [1.82, 2.24) is 4.98 Å². The predicted octanol–water partition coefficient (Wildman–Crippen LogP) is 2.70. The number of carbonyl (C=O) groups is 2. The second-order valence-corrected chi connectivity index (χ2v) is 4.64. The van der Waals surface area contributed by atoms with Crippen LogP contribution in [0.5, 0.6) is 0 Å². The molecular formula is C16H16N2O4. The molecule has 1 aromatic heterocycles. The average molecular weight is 300 g/mol. The molecule has 1 atom stereocenters. The standard InChI is InChI=1S/C16H16N2O4/c1-12(15(19)20)18(14-8-5-9-17-10-14)16(21)22-11-13-6-3-2-4-7-13/h2-10,12H,11H2,1H3,(H,19,20)/t12-/m0/s1. The van der Waals surface area contributed by atoms with Gasteiger partial charge in [0.15, 0.2) is 0 Å². The van der Waals surface area contributed by atoms with Gasteiger partial charge in [-0.05, 0) is 24.6 Å². The van der Waals surface area contributed by atoms with Crippen LogP contribution in [0.15, 0.2) is 54.9 Å². The van der Waals surface area contributed by atoms with E-state index >= 15 is 0 Å². The minimum Gasteiger partial charge on any atom is -0.480 e. The van der Waals surface area contributed by atoms with Crippen molar-refractivity contribution in [2.75, 3.05) is 4.90 Å². The SMILES string of the molecule is C[C@@H](C(=O)O)N(C(=O)OCc1ccccc1)c1cccnc1. The third-order valence-electron chi connectivity index (χ3n) is 3.07. The molecule has 1 heterocycles. The van der Waals surface area contributed by atoms with Crippen LogP contribution in [0.3, 0.4) is 0 Å². The van der Waals surface area contributed by atoms with Crippen LogP contribution in [-0.2, 0) is 16.1 Å². The summed E-state index contributed by atoms with van der Waals surface area (Å²) >= 11 is 0. The molecular weight excluding hydrogens is 284 g/mol. The Morgan fingerprint density at radius 1 is 1.23 bits per heavy atom. The lowest BCUT2D eigenvalue weighted by molar-refractivity contribution is -0.138. The second-order valence-electron chi connectivity index (χ2n) is 4.64. The first kappa shape index (κ1) is 15.5. The van der Waals surface area contributed by atoms with Gasteiger partial charge in [-0.25, -0.2) is 9.59 Å². The molecule has 1 N–H and O–H groups in total. The molecule has 0 aliphatic rings. The maximum absolute atomic E-state index is 12.3. The fourth-order valence-electron chi connectivity index (χ4n) is 1.88. The van der Waals surface area contributed by atoms with Gasteiger partial charge in [-0.2, -0.15) is 0 Å². The molecule has 0 aliphatic carbocycles. The third-order valence-corrected chi connectivity index (χ3v) is 3.07. The van der Waals surface area contributed by atoms with E-state index in [4.69, 9.17) is 4.74 Å². The molecule has 0 radical (unpaired) electrons. The van der Waals surface area contributed by atoms with E-state index in [1.807, 2.05) is 30.3 Å². The monoisotopic (exact) mass is 300 g/mol. The van der Waals surface area contributed by atoms with Gasteiger partial charge >= 0.3 is 12.1 Å². The molecule has 22 heavy (non-hydrogen) atoms. The van der Waals surface area contributed by atoms with E-state index in [1.54, 1.807) is 18.3 Å². The summed E-state index contributed by atoms with van der Waals surface area (Å²) in [5.41, 5.74) is 1.19. The first-order chi connectivity index (χ1) is 10.6. The van der Waals surface area contributed by atoms with Crippen molar-refractivity contribution in [3.05, 3.63) is 60.4 Å². The van der Waals surface area contributed by atoms with Gasteiger partial charge in [0.05, 0.1) is 11.9 Å². The van der Waals surface area contributed by atoms with Crippen molar-refractivity contribution >= 4 is 17.7 Å². The maximum Gasteiger partial charge on any atom is 0.415 e. The van der Waals surface area contributed by atoms with Crippen LogP contribution < -0.4 is 4.90 Å². The fourth-order valence-corrected chi connectivity index (χ4v) is 1.88. The summed E-state index contributed by atoms with van der Waals surface area (Å²) < 4.78 is 5.21. The number of carboxylic acids is 1. The zero-order chi connectivity index (χ0) is 15.9. The zero-order valence-electron chi connectivity index (χ0n) is 12.0. The molecule has 1 aromatic carbocycles. The molecule has 0 aliphatic heterocycles. The van der Waals surface area contributed by atoms with E-state index in [2.05, 4.69) is 4.98 Å². The van der Waals surface area contributed by atoms with Crippen LogP contribution in [-0.4, -0.2) is 28.2 Å². The summed E-state index contributed by atoms with van der Waals surface area (Å²) in [6.07, 6.45) is 2.23. The van der Waals surface area contributed by atoms with Gasteiger partial charge in [0, 0.05) is 6.20 Å². The van der Waals surface area contributed by atoms with Crippen molar-refractivity contribution in [3.63, 3.8) is 0 Å².